The quantitative estimate of drug-likeness (QED) is 0.606. The monoisotopic (exact) mass is 314 g/mol. The Labute approximate surface area is 126 Å². The average molecular weight is 314 g/mol. The molecule has 1 aromatic heterocycles. The number of carboxylic acids is 1. The van der Waals surface area contributed by atoms with Crippen molar-refractivity contribution in [3.05, 3.63) is 16.1 Å². The fourth-order valence-electron chi connectivity index (χ4n) is 1.43. The predicted molar refractivity (Wildman–Crippen MR) is 77.2 cm³/mol. The van der Waals surface area contributed by atoms with Crippen LogP contribution in [0.15, 0.2) is 5.38 Å². The normalized spacial score (nSPS) is 10.8. The lowest BCUT2D eigenvalue weighted by atomic mass is 9.92. The highest BCUT2D eigenvalue weighted by atomic mass is 32.1. The highest BCUT2D eigenvalue weighted by molar-refractivity contribution is 7.09. The molecule has 9 heteroatoms. The number of nitrogens with zero attached hydrogens (tertiary/aromatic N) is 1. The first-order chi connectivity index (χ1) is 9.76. The summed E-state index contributed by atoms with van der Waals surface area (Å²) < 4.78 is 0. The Hall–Kier alpha value is -2.16. The van der Waals surface area contributed by atoms with Gasteiger partial charge in [0.15, 0.2) is 5.69 Å². The third-order valence-electron chi connectivity index (χ3n) is 2.70. The van der Waals surface area contributed by atoms with Crippen LogP contribution >= 0.6 is 11.3 Å². The van der Waals surface area contributed by atoms with Crippen molar-refractivity contribution in [3.63, 3.8) is 0 Å². The molecule has 21 heavy (non-hydrogen) atoms. The summed E-state index contributed by atoms with van der Waals surface area (Å²) in [6, 6.07) is -0.445. The first kappa shape index (κ1) is 16.9. The molecule has 0 fully saturated rings. The Morgan fingerprint density at radius 2 is 2.00 bits per heavy atom. The van der Waals surface area contributed by atoms with Gasteiger partial charge in [0.2, 0.25) is 5.91 Å². The van der Waals surface area contributed by atoms with Crippen molar-refractivity contribution in [2.24, 2.45) is 5.41 Å². The van der Waals surface area contributed by atoms with Crippen LogP contribution in [-0.2, 0) is 11.3 Å². The largest absolute Gasteiger partial charge is 0.476 e. The number of aromatic carboxylic acids is 1. The Morgan fingerprint density at radius 3 is 2.52 bits per heavy atom. The van der Waals surface area contributed by atoms with Crippen molar-refractivity contribution in [3.8, 4) is 0 Å². The lowest BCUT2D eigenvalue weighted by molar-refractivity contribution is -0.128. The molecule has 0 aliphatic heterocycles. The van der Waals surface area contributed by atoms with E-state index in [1.807, 2.05) is 0 Å². The lowest BCUT2D eigenvalue weighted by Gasteiger charge is -2.22. The molecule has 0 aromatic carbocycles. The molecule has 0 radical (unpaired) electrons. The zero-order valence-corrected chi connectivity index (χ0v) is 12.8. The smallest absolute Gasteiger partial charge is 0.355 e. The Bertz CT molecular complexity index is 541. The summed E-state index contributed by atoms with van der Waals surface area (Å²) in [6.07, 6.45) is 0. The molecule has 0 atom stereocenters. The second-order valence-electron chi connectivity index (χ2n) is 4.93. The number of hydrogen-bond acceptors (Lipinski definition) is 5. The minimum Gasteiger partial charge on any atom is -0.476 e. The van der Waals surface area contributed by atoms with Gasteiger partial charge in [-0.05, 0) is 13.8 Å². The van der Waals surface area contributed by atoms with E-state index in [0.717, 1.165) is 11.3 Å². The first-order valence-corrected chi connectivity index (χ1v) is 7.06. The molecule has 1 heterocycles. The van der Waals surface area contributed by atoms with E-state index in [9.17, 15) is 14.4 Å². The van der Waals surface area contributed by atoms with E-state index < -0.39 is 17.4 Å². The lowest BCUT2D eigenvalue weighted by Crippen LogP contribution is -2.46. The van der Waals surface area contributed by atoms with Crippen molar-refractivity contribution >= 4 is 29.2 Å². The minimum atomic E-state index is -1.10. The number of nitrogens with one attached hydrogen (secondary N) is 3. The van der Waals surface area contributed by atoms with Gasteiger partial charge in [-0.1, -0.05) is 0 Å². The molecule has 1 aromatic rings. The number of urea groups is 1. The molecule has 8 nitrogen and oxygen atoms in total. The number of amides is 3. The molecule has 0 bridgehead atoms. The second-order valence-corrected chi connectivity index (χ2v) is 5.87. The van der Waals surface area contributed by atoms with Gasteiger partial charge in [-0.3, -0.25) is 4.79 Å². The van der Waals surface area contributed by atoms with Crippen LogP contribution in [-0.4, -0.2) is 41.6 Å². The van der Waals surface area contributed by atoms with Crippen LogP contribution in [0.5, 0.6) is 0 Å². The van der Waals surface area contributed by atoms with Crippen LogP contribution in [0.2, 0.25) is 0 Å². The topological polar surface area (TPSA) is 120 Å². The molecule has 0 aliphatic carbocycles. The number of aromatic nitrogens is 1. The minimum absolute atomic E-state index is 0.0436. The molecule has 4 N–H and O–H groups in total. The SMILES string of the molecule is CNC(=O)C(C)(C)CNC(=O)NCc1nc(C(=O)O)cs1. The number of hydrogen-bond donors (Lipinski definition) is 4. The molecular weight excluding hydrogens is 296 g/mol. The maximum atomic E-state index is 11.6. The van der Waals surface area contributed by atoms with Gasteiger partial charge in [0.25, 0.3) is 0 Å². The Morgan fingerprint density at radius 1 is 1.33 bits per heavy atom. The van der Waals surface area contributed by atoms with E-state index >= 15 is 0 Å². The third kappa shape index (κ3) is 5.03. The number of rotatable bonds is 6. The number of carbonyl (C=O) groups is 3. The summed E-state index contributed by atoms with van der Waals surface area (Å²) in [7, 11) is 1.53. The molecule has 0 saturated carbocycles. The van der Waals surface area contributed by atoms with Crippen LogP contribution in [0, 0.1) is 5.41 Å². The average Bonchev–Trinajstić information content (AvgIpc) is 2.91. The van der Waals surface area contributed by atoms with Gasteiger partial charge in [0, 0.05) is 19.0 Å². The fourth-order valence-corrected chi connectivity index (χ4v) is 2.14. The second kappa shape index (κ2) is 7.02. The van der Waals surface area contributed by atoms with Crippen molar-refractivity contribution < 1.29 is 19.5 Å². The fraction of sp³-hybridized carbons (Fsp3) is 0.500. The van der Waals surface area contributed by atoms with Gasteiger partial charge in [-0.15, -0.1) is 11.3 Å². The maximum absolute atomic E-state index is 11.6. The van der Waals surface area contributed by atoms with Gasteiger partial charge in [0.1, 0.15) is 5.01 Å². The highest BCUT2D eigenvalue weighted by Gasteiger charge is 2.26. The first-order valence-electron chi connectivity index (χ1n) is 6.18. The standard InChI is InChI=1S/C12H18N4O4S/c1-12(2,10(19)13-3)6-15-11(20)14-4-8-16-7(5-21-8)9(17)18/h5H,4,6H2,1-3H3,(H,13,19)(H,17,18)(H2,14,15,20). The summed E-state index contributed by atoms with van der Waals surface area (Å²) in [5, 5.41) is 18.3. The van der Waals surface area contributed by atoms with E-state index in [4.69, 9.17) is 5.11 Å². The molecule has 3 amide bonds. The summed E-state index contributed by atoms with van der Waals surface area (Å²) >= 11 is 1.15. The van der Waals surface area contributed by atoms with Crippen LogP contribution in [0.1, 0.15) is 29.3 Å². The van der Waals surface area contributed by atoms with Gasteiger partial charge < -0.3 is 21.1 Å². The third-order valence-corrected chi connectivity index (χ3v) is 3.55. The summed E-state index contributed by atoms with van der Waals surface area (Å²) in [6.45, 7) is 3.74. The van der Waals surface area contributed by atoms with E-state index in [1.54, 1.807) is 13.8 Å². The van der Waals surface area contributed by atoms with Crippen LogP contribution in [0.3, 0.4) is 0 Å². The molecule has 0 spiro atoms. The number of thiazole rings is 1. The van der Waals surface area contributed by atoms with E-state index in [2.05, 4.69) is 20.9 Å². The number of carboxylic acid groups (broad SMARTS) is 1. The van der Waals surface area contributed by atoms with E-state index in [1.165, 1.54) is 12.4 Å². The van der Waals surface area contributed by atoms with Crippen molar-refractivity contribution in [2.75, 3.05) is 13.6 Å². The van der Waals surface area contributed by atoms with E-state index in [0.29, 0.717) is 5.01 Å². The van der Waals surface area contributed by atoms with E-state index in [-0.39, 0.29) is 24.7 Å². The summed E-state index contributed by atoms with van der Waals surface area (Å²) in [5.74, 6) is -1.27. The Kier molecular flexibility index (Phi) is 5.65. The number of carbonyl (C=O) groups excluding carboxylic acids is 2. The van der Waals surface area contributed by atoms with Crippen molar-refractivity contribution in [2.45, 2.75) is 20.4 Å². The molecular formula is C12H18N4O4S. The Balaban J connectivity index is 2.40. The van der Waals surface area contributed by atoms with Crippen LogP contribution in [0.25, 0.3) is 0 Å². The molecule has 0 saturated heterocycles. The highest BCUT2D eigenvalue weighted by Crippen LogP contribution is 2.13. The van der Waals surface area contributed by atoms with Crippen LogP contribution < -0.4 is 16.0 Å². The van der Waals surface area contributed by atoms with Gasteiger partial charge in [0.05, 0.1) is 12.0 Å². The van der Waals surface area contributed by atoms with Gasteiger partial charge in [-0.2, -0.15) is 0 Å². The van der Waals surface area contributed by atoms with Gasteiger partial charge in [-0.25, -0.2) is 14.6 Å². The summed E-state index contributed by atoms with van der Waals surface area (Å²) in [4.78, 5) is 37.7. The van der Waals surface area contributed by atoms with Crippen molar-refractivity contribution in [1.82, 2.24) is 20.9 Å². The van der Waals surface area contributed by atoms with Crippen molar-refractivity contribution in [1.29, 1.82) is 0 Å². The zero-order chi connectivity index (χ0) is 16.0. The maximum Gasteiger partial charge on any atom is 0.355 e. The molecule has 116 valence electrons. The molecule has 1 rings (SSSR count). The predicted octanol–water partition coefficient (Wildman–Crippen LogP) is 0.413. The zero-order valence-electron chi connectivity index (χ0n) is 12.0. The molecule has 0 unspecified atom stereocenters. The van der Waals surface area contributed by atoms with Gasteiger partial charge >= 0.3 is 12.0 Å². The summed E-state index contributed by atoms with van der Waals surface area (Å²) in [5.41, 5.74) is -0.762. The molecule has 0 aliphatic rings. The van der Waals surface area contributed by atoms with Crippen LogP contribution in [0.4, 0.5) is 4.79 Å².